The summed E-state index contributed by atoms with van der Waals surface area (Å²) in [5.41, 5.74) is 0. The molecule has 2 heterocycles. The largest absolute Gasteiger partial charge is 0.394 e. The summed E-state index contributed by atoms with van der Waals surface area (Å²) in [6, 6.07) is -0.819. The van der Waals surface area contributed by atoms with Gasteiger partial charge < -0.3 is 65.1 Å². The maximum absolute atomic E-state index is 13.2. The van der Waals surface area contributed by atoms with Gasteiger partial charge in [0.15, 0.2) is 12.6 Å². The van der Waals surface area contributed by atoms with Crippen molar-refractivity contribution in [3.8, 4) is 0 Å². The highest BCUT2D eigenvalue weighted by Gasteiger charge is 2.51. The number of carbonyl (C=O) groups excluding carboxylic acids is 1. The van der Waals surface area contributed by atoms with Gasteiger partial charge in [-0.3, -0.25) is 4.79 Å². The minimum absolute atomic E-state index is 0.205. The molecule has 2 aliphatic rings. The van der Waals surface area contributed by atoms with Gasteiger partial charge in [0.2, 0.25) is 5.91 Å². The Labute approximate surface area is 368 Å². The van der Waals surface area contributed by atoms with Crippen molar-refractivity contribution in [1.82, 2.24) is 5.32 Å². The van der Waals surface area contributed by atoms with E-state index in [-0.39, 0.29) is 12.5 Å². The Morgan fingerprint density at radius 3 is 1.39 bits per heavy atom. The first-order chi connectivity index (χ1) is 29.6. The first kappa shape index (κ1) is 56.1. The van der Waals surface area contributed by atoms with E-state index in [9.17, 15) is 45.6 Å². The molecule has 0 spiro atoms. The third kappa shape index (κ3) is 23.1. The third-order valence-electron chi connectivity index (χ3n) is 12.6. The third-order valence-corrected chi connectivity index (χ3v) is 12.6. The van der Waals surface area contributed by atoms with Crippen LogP contribution in [-0.4, -0.2) is 140 Å². The number of unbranched alkanes of at least 4 members (excludes halogenated alkanes) is 25. The molecule has 2 saturated heterocycles. The van der Waals surface area contributed by atoms with Crippen molar-refractivity contribution < 1.29 is 64.6 Å². The topological polar surface area (TPSA) is 228 Å². The number of amides is 1. The average Bonchev–Trinajstić information content (AvgIpc) is 3.26. The van der Waals surface area contributed by atoms with Crippen LogP contribution in [0.1, 0.15) is 200 Å². The van der Waals surface area contributed by atoms with Gasteiger partial charge in [0.05, 0.1) is 32.0 Å². The van der Waals surface area contributed by atoms with Gasteiger partial charge in [0, 0.05) is 6.42 Å². The molecular weight excluding hydrogens is 787 g/mol. The highest BCUT2D eigenvalue weighted by atomic mass is 16.7. The molecule has 61 heavy (non-hydrogen) atoms. The van der Waals surface area contributed by atoms with Gasteiger partial charge in [-0.25, -0.2) is 0 Å². The molecule has 0 aliphatic carbocycles. The van der Waals surface area contributed by atoms with Crippen LogP contribution < -0.4 is 5.32 Å². The van der Waals surface area contributed by atoms with Crippen molar-refractivity contribution in [1.29, 1.82) is 0 Å². The van der Waals surface area contributed by atoms with Crippen molar-refractivity contribution in [3.05, 3.63) is 0 Å². The summed E-state index contributed by atoms with van der Waals surface area (Å²) >= 11 is 0. The summed E-state index contributed by atoms with van der Waals surface area (Å²) in [4.78, 5) is 13.2. The molecule has 0 radical (unpaired) electrons. The molecule has 4 unspecified atom stereocenters. The van der Waals surface area contributed by atoms with Crippen molar-refractivity contribution in [2.45, 2.75) is 274 Å². The van der Waals surface area contributed by atoms with Gasteiger partial charge in [0.1, 0.15) is 48.8 Å². The van der Waals surface area contributed by atoms with Crippen molar-refractivity contribution in [2.75, 3.05) is 19.8 Å². The minimum Gasteiger partial charge on any atom is -0.394 e. The molecule has 12 atom stereocenters. The maximum atomic E-state index is 13.2. The Kier molecular flexibility index (Phi) is 32.5. The van der Waals surface area contributed by atoms with Gasteiger partial charge in [-0.1, -0.05) is 181 Å². The van der Waals surface area contributed by atoms with Crippen LogP contribution in [0.4, 0.5) is 0 Å². The number of rotatable bonds is 38. The van der Waals surface area contributed by atoms with Crippen molar-refractivity contribution >= 4 is 5.91 Å². The summed E-state index contributed by atoms with van der Waals surface area (Å²) in [5.74, 6) is -0.205. The molecule has 0 aromatic heterocycles. The fraction of sp³-hybridized carbons (Fsp3) is 0.979. The lowest BCUT2D eigenvalue weighted by atomic mass is 9.97. The zero-order valence-corrected chi connectivity index (χ0v) is 38.2. The lowest BCUT2D eigenvalue weighted by molar-refractivity contribution is -0.359. The normalized spacial score (nSPS) is 27.9. The highest BCUT2D eigenvalue weighted by molar-refractivity contribution is 5.76. The lowest BCUT2D eigenvalue weighted by Gasteiger charge is -2.46. The predicted octanol–water partition coefficient (Wildman–Crippen LogP) is 5.83. The van der Waals surface area contributed by atoms with E-state index in [0.29, 0.717) is 12.8 Å². The van der Waals surface area contributed by atoms with E-state index in [1.54, 1.807) is 0 Å². The first-order valence-electron chi connectivity index (χ1n) is 24.8. The van der Waals surface area contributed by atoms with Crippen LogP contribution in [0.5, 0.6) is 0 Å². The van der Waals surface area contributed by atoms with Crippen LogP contribution in [-0.2, 0) is 23.7 Å². The van der Waals surface area contributed by atoms with Crippen LogP contribution in [0.15, 0.2) is 0 Å². The van der Waals surface area contributed by atoms with E-state index in [1.807, 2.05) is 0 Å². The molecule has 14 nitrogen and oxygen atoms in total. The summed E-state index contributed by atoms with van der Waals surface area (Å²) in [6.45, 7) is 2.85. The van der Waals surface area contributed by atoms with Crippen LogP contribution in [0.25, 0.3) is 0 Å². The second-order valence-electron chi connectivity index (χ2n) is 18.0. The summed E-state index contributed by atoms with van der Waals surface area (Å²) in [7, 11) is 0. The Morgan fingerprint density at radius 2 is 0.934 bits per heavy atom. The van der Waals surface area contributed by atoms with Gasteiger partial charge in [-0.05, 0) is 12.8 Å². The Morgan fingerprint density at radius 1 is 0.525 bits per heavy atom. The van der Waals surface area contributed by atoms with E-state index in [1.165, 1.54) is 122 Å². The number of hydrogen-bond donors (Lipinski definition) is 9. The summed E-state index contributed by atoms with van der Waals surface area (Å²) in [6.07, 6.45) is 16.7. The molecule has 2 aliphatic heterocycles. The number of ether oxygens (including phenoxy) is 4. The van der Waals surface area contributed by atoms with Crippen molar-refractivity contribution in [2.24, 2.45) is 0 Å². The average molecular weight is 878 g/mol. The predicted molar refractivity (Wildman–Crippen MR) is 236 cm³/mol. The molecule has 0 aromatic carbocycles. The Bertz CT molecular complexity index is 1040. The van der Waals surface area contributed by atoms with Crippen LogP contribution in [0.2, 0.25) is 0 Å². The lowest BCUT2D eigenvalue weighted by Crippen LogP contribution is -2.65. The molecule has 14 heteroatoms. The Balaban J connectivity index is 1.84. The fourth-order valence-electron chi connectivity index (χ4n) is 8.47. The molecule has 2 fully saturated rings. The molecule has 0 aromatic rings. The van der Waals surface area contributed by atoms with Gasteiger partial charge in [0.25, 0.3) is 0 Å². The smallest absolute Gasteiger partial charge is 0.220 e. The molecule has 2 rings (SSSR count). The summed E-state index contributed by atoms with van der Waals surface area (Å²) in [5, 5.41) is 86.7. The van der Waals surface area contributed by atoms with Crippen LogP contribution in [0, 0.1) is 0 Å². The van der Waals surface area contributed by atoms with Gasteiger partial charge in [-0.15, -0.1) is 0 Å². The monoisotopic (exact) mass is 878 g/mol. The van der Waals surface area contributed by atoms with Crippen LogP contribution in [0.3, 0.4) is 0 Å². The maximum Gasteiger partial charge on any atom is 0.220 e. The van der Waals surface area contributed by atoms with E-state index in [0.717, 1.165) is 51.4 Å². The SMILES string of the molecule is CCCCCCCCCCCCCCCCCC(=O)N[C@@H](CO[C@@H]1O[C@H](CO)[C@@H](O[C@@H]2O[C@H](CO)[C@H](O)C(O)C2O)C(O)C1O)[C@H](O)CCCCCCCCCCCCCC. The minimum atomic E-state index is -1.78. The van der Waals surface area contributed by atoms with Gasteiger partial charge >= 0.3 is 0 Å². The molecule has 0 saturated carbocycles. The number of aliphatic hydroxyl groups is 8. The van der Waals surface area contributed by atoms with E-state index >= 15 is 0 Å². The molecule has 9 N–H and O–H groups in total. The Hall–Kier alpha value is -1.01. The zero-order valence-electron chi connectivity index (χ0n) is 38.2. The van der Waals surface area contributed by atoms with Gasteiger partial charge in [-0.2, -0.15) is 0 Å². The number of carbonyl (C=O) groups is 1. The fourth-order valence-corrected chi connectivity index (χ4v) is 8.47. The standard InChI is InChI=1S/C47H91NO13/c1-3-5-7-9-11-13-15-17-18-19-21-23-25-27-29-31-39(52)48-35(36(51)30-28-26-24-22-20-16-14-12-10-8-6-4-2)34-58-46-44(57)42(55)45(38(33-50)60-46)61-47-43(56)41(54)40(53)37(32-49)59-47/h35-38,40-47,49-51,53-57H,3-34H2,1-2H3,(H,48,52)/t35-,36+,37+,38+,40-,41?,42?,43?,44?,45+,46+,47-/m0/s1. The van der Waals surface area contributed by atoms with E-state index in [4.69, 9.17) is 18.9 Å². The van der Waals surface area contributed by atoms with E-state index < -0.39 is 86.8 Å². The second-order valence-corrected chi connectivity index (χ2v) is 18.0. The van der Waals surface area contributed by atoms with E-state index in [2.05, 4.69) is 19.2 Å². The van der Waals surface area contributed by atoms with Crippen molar-refractivity contribution in [3.63, 3.8) is 0 Å². The zero-order chi connectivity index (χ0) is 44.7. The highest BCUT2D eigenvalue weighted by Crippen LogP contribution is 2.30. The molecule has 0 bridgehead atoms. The molecule has 362 valence electrons. The number of aliphatic hydroxyl groups excluding tert-OH is 8. The first-order valence-corrected chi connectivity index (χ1v) is 24.8. The molecule has 1 amide bonds. The quantitative estimate of drug-likeness (QED) is 0.0334. The second kappa shape index (κ2) is 35.3. The molecular formula is C47H91NO13. The number of nitrogens with one attached hydrogen (secondary N) is 1. The van der Waals surface area contributed by atoms with Crippen LogP contribution >= 0.6 is 0 Å². The summed E-state index contributed by atoms with van der Waals surface area (Å²) < 4.78 is 22.7. The number of hydrogen-bond acceptors (Lipinski definition) is 13.